The van der Waals surface area contributed by atoms with E-state index in [2.05, 4.69) is 0 Å². The molecule has 0 aliphatic rings. The Hall–Kier alpha value is -1.63. The van der Waals surface area contributed by atoms with Gasteiger partial charge in [-0.05, 0) is 17.5 Å². The zero-order valence-electron chi connectivity index (χ0n) is 7.81. The second-order valence-electron chi connectivity index (χ2n) is 3.25. The van der Waals surface area contributed by atoms with Crippen molar-refractivity contribution in [1.29, 1.82) is 5.26 Å². The van der Waals surface area contributed by atoms with Crippen LogP contribution in [0.15, 0.2) is 6.07 Å². The van der Waals surface area contributed by atoms with Gasteiger partial charge in [0.2, 0.25) is 5.82 Å². The molecule has 2 nitrogen and oxygen atoms in total. The van der Waals surface area contributed by atoms with Crippen molar-refractivity contribution in [1.82, 2.24) is 0 Å². The third-order valence-electron chi connectivity index (χ3n) is 1.95. The van der Waals surface area contributed by atoms with Gasteiger partial charge in [-0.25, -0.2) is 4.39 Å². The Morgan fingerprint density at radius 1 is 1.36 bits per heavy atom. The van der Waals surface area contributed by atoms with E-state index in [0.29, 0.717) is 5.56 Å². The summed E-state index contributed by atoms with van der Waals surface area (Å²) in [7, 11) is 0. The van der Waals surface area contributed by atoms with E-state index in [-0.39, 0.29) is 11.5 Å². The second kappa shape index (κ2) is 3.62. The lowest BCUT2D eigenvalue weighted by molar-refractivity contribution is 0.404. The predicted molar refractivity (Wildman–Crippen MR) is 46.8 cm³/mol. The van der Waals surface area contributed by atoms with E-state index < -0.39 is 17.4 Å². The Balaban J connectivity index is 3.54. The van der Waals surface area contributed by atoms with Gasteiger partial charge >= 0.3 is 0 Å². The molecule has 0 aromatic heterocycles. The normalized spacial score (nSPS) is 10.3. The van der Waals surface area contributed by atoms with E-state index >= 15 is 0 Å². The first kappa shape index (κ1) is 10.5. The van der Waals surface area contributed by atoms with Gasteiger partial charge < -0.3 is 5.11 Å². The molecule has 0 atom stereocenters. The standard InChI is InChI=1S/C10H9F2NO/c1-5(2)6-3-8(14)10(12)9(11)7(6)4-13/h3,5,14H,1-2H3. The summed E-state index contributed by atoms with van der Waals surface area (Å²) in [4.78, 5) is 0. The van der Waals surface area contributed by atoms with Crippen LogP contribution >= 0.6 is 0 Å². The second-order valence-corrected chi connectivity index (χ2v) is 3.25. The molecule has 0 fully saturated rings. The van der Waals surface area contributed by atoms with Gasteiger partial charge in [0, 0.05) is 0 Å². The number of nitrogens with zero attached hydrogens (tertiary/aromatic N) is 1. The molecular formula is C10H9F2NO. The first-order valence-electron chi connectivity index (χ1n) is 4.10. The Kier molecular flexibility index (Phi) is 2.70. The topological polar surface area (TPSA) is 44.0 Å². The maximum Gasteiger partial charge on any atom is 0.201 e. The number of hydrogen-bond acceptors (Lipinski definition) is 2. The number of halogens is 2. The number of nitriles is 1. The van der Waals surface area contributed by atoms with Crippen molar-refractivity contribution in [3.63, 3.8) is 0 Å². The Morgan fingerprint density at radius 2 is 1.93 bits per heavy atom. The lowest BCUT2D eigenvalue weighted by Gasteiger charge is -2.09. The quantitative estimate of drug-likeness (QED) is 0.752. The van der Waals surface area contributed by atoms with Crippen molar-refractivity contribution >= 4 is 0 Å². The lowest BCUT2D eigenvalue weighted by Crippen LogP contribution is -1.99. The van der Waals surface area contributed by atoms with E-state index in [9.17, 15) is 8.78 Å². The molecule has 0 radical (unpaired) electrons. The average molecular weight is 197 g/mol. The minimum absolute atomic E-state index is 0.148. The van der Waals surface area contributed by atoms with Crippen molar-refractivity contribution in [2.45, 2.75) is 19.8 Å². The van der Waals surface area contributed by atoms with E-state index in [1.165, 1.54) is 0 Å². The van der Waals surface area contributed by atoms with Crippen molar-refractivity contribution in [3.8, 4) is 11.8 Å². The Labute approximate surface area is 80.4 Å². The van der Waals surface area contributed by atoms with E-state index in [1.54, 1.807) is 19.9 Å². The minimum Gasteiger partial charge on any atom is -0.505 e. The summed E-state index contributed by atoms with van der Waals surface area (Å²) in [6, 6.07) is 2.67. The van der Waals surface area contributed by atoms with Gasteiger partial charge in [0.15, 0.2) is 11.6 Å². The summed E-state index contributed by atoms with van der Waals surface area (Å²) >= 11 is 0. The summed E-state index contributed by atoms with van der Waals surface area (Å²) in [5, 5.41) is 17.7. The van der Waals surface area contributed by atoms with E-state index in [4.69, 9.17) is 10.4 Å². The third-order valence-corrected chi connectivity index (χ3v) is 1.95. The number of hydrogen-bond donors (Lipinski definition) is 1. The molecule has 0 aliphatic carbocycles. The number of phenols is 1. The number of rotatable bonds is 1. The highest BCUT2D eigenvalue weighted by Gasteiger charge is 2.19. The van der Waals surface area contributed by atoms with Gasteiger partial charge in [-0.2, -0.15) is 9.65 Å². The van der Waals surface area contributed by atoms with Crippen LogP contribution in [0.4, 0.5) is 8.78 Å². The van der Waals surface area contributed by atoms with Gasteiger partial charge in [0.05, 0.1) is 5.56 Å². The van der Waals surface area contributed by atoms with Crippen molar-refractivity contribution in [3.05, 3.63) is 28.8 Å². The van der Waals surface area contributed by atoms with Crippen molar-refractivity contribution < 1.29 is 13.9 Å². The monoisotopic (exact) mass is 197 g/mol. The first-order chi connectivity index (χ1) is 6.49. The zero-order valence-corrected chi connectivity index (χ0v) is 7.81. The SMILES string of the molecule is CC(C)c1cc(O)c(F)c(F)c1C#N. The molecule has 0 saturated carbocycles. The lowest BCUT2D eigenvalue weighted by atomic mass is 9.97. The number of aromatic hydroxyl groups is 1. The van der Waals surface area contributed by atoms with Crippen LogP contribution in [0.3, 0.4) is 0 Å². The maximum absolute atomic E-state index is 13.1. The highest BCUT2D eigenvalue weighted by molar-refractivity contribution is 5.45. The fraction of sp³-hybridized carbons (Fsp3) is 0.300. The first-order valence-corrected chi connectivity index (χ1v) is 4.10. The van der Waals surface area contributed by atoms with Crippen molar-refractivity contribution in [2.75, 3.05) is 0 Å². The predicted octanol–water partition coefficient (Wildman–Crippen LogP) is 2.67. The van der Waals surface area contributed by atoms with Crippen molar-refractivity contribution in [2.24, 2.45) is 0 Å². The molecular weight excluding hydrogens is 188 g/mol. The third kappa shape index (κ3) is 1.53. The van der Waals surface area contributed by atoms with E-state index in [1.807, 2.05) is 0 Å². The smallest absolute Gasteiger partial charge is 0.201 e. The summed E-state index contributed by atoms with van der Waals surface area (Å²) in [6.45, 7) is 3.46. The molecule has 1 N–H and O–H groups in total. The fourth-order valence-corrected chi connectivity index (χ4v) is 1.20. The molecule has 0 heterocycles. The Bertz CT molecular complexity index is 408. The van der Waals surface area contributed by atoms with Crippen LogP contribution in [-0.2, 0) is 0 Å². The van der Waals surface area contributed by atoms with Crippen LogP contribution in [0.2, 0.25) is 0 Å². The molecule has 0 amide bonds. The molecule has 0 aliphatic heterocycles. The molecule has 0 saturated heterocycles. The van der Waals surface area contributed by atoms with Gasteiger partial charge in [-0.3, -0.25) is 0 Å². The molecule has 1 aromatic carbocycles. The van der Waals surface area contributed by atoms with Gasteiger partial charge in [0.1, 0.15) is 6.07 Å². The average Bonchev–Trinajstić information content (AvgIpc) is 2.13. The number of phenolic OH excluding ortho intramolecular Hbond substituents is 1. The van der Waals surface area contributed by atoms with Crippen LogP contribution in [-0.4, -0.2) is 5.11 Å². The van der Waals surface area contributed by atoms with Gasteiger partial charge in [-0.1, -0.05) is 13.8 Å². The Morgan fingerprint density at radius 3 is 2.36 bits per heavy atom. The largest absolute Gasteiger partial charge is 0.505 e. The molecule has 1 rings (SSSR count). The van der Waals surface area contributed by atoms with Crippen LogP contribution in [0.5, 0.6) is 5.75 Å². The summed E-state index contributed by atoms with van der Waals surface area (Å²) in [5.74, 6) is -3.56. The minimum atomic E-state index is -1.37. The molecule has 4 heteroatoms. The molecule has 0 unspecified atom stereocenters. The summed E-state index contributed by atoms with van der Waals surface area (Å²) in [5.41, 5.74) is -0.0285. The van der Waals surface area contributed by atoms with Gasteiger partial charge in [-0.15, -0.1) is 0 Å². The van der Waals surface area contributed by atoms with Crippen LogP contribution in [0.25, 0.3) is 0 Å². The summed E-state index contributed by atoms with van der Waals surface area (Å²) in [6.07, 6.45) is 0. The van der Waals surface area contributed by atoms with Crippen LogP contribution < -0.4 is 0 Å². The fourth-order valence-electron chi connectivity index (χ4n) is 1.20. The molecule has 0 spiro atoms. The molecule has 74 valence electrons. The highest BCUT2D eigenvalue weighted by Crippen LogP contribution is 2.29. The molecule has 0 bridgehead atoms. The summed E-state index contributed by atoms with van der Waals surface area (Å²) < 4.78 is 26.0. The van der Waals surface area contributed by atoms with Crippen LogP contribution in [0.1, 0.15) is 30.9 Å². The van der Waals surface area contributed by atoms with E-state index in [0.717, 1.165) is 6.07 Å². The molecule has 1 aromatic rings. The maximum atomic E-state index is 13.1. The van der Waals surface area contributed by atoms with Gasteiger partial charge in [0.25, 0.3) is 0 Å². The highest BCUT2D eigenvalue weighted by atomic mass is 19.2. The van der Waals surface area contributed by atoms with Crippen LogP contribution in [0, 0.1) is 23.0 Å². The molecule has 14 heavy (non-hydrogen) atoms. The number of benzene rings is 1. The zero-order chi connectivity index (χ0) is 10.9.